The molecule has 0 unspecified atom stereocenters. The van der Waals surface area contributed by atoms with Crippen LogP contribution in [0.2, 0.25) is 0 Å². The zero-order chi connectivity index (χ0) is 18.1. The quantitative estimate of drug-likeness (QED) is 0.373. The van der Waals surface area contributed by atoms with Crippen LogP contribution in [0, 0.1) is 22.0 Å². The molecule has 0 aliphatic heterocycles. The fourth-order valence-electron chi connectivity index (χ4n) is 1.82. The summed E-state index contributed by atoms with van der Waals surface area (Å²) in [5, 5.41) is 13.3. The van der Waals surface area contributed by atoms with Crippen molar-refractivity contribution in [2.24, 2.45) is 0 Å². The third kappa shape index (κ3) is 5.84. The van der Waals surface area contributed by atoms with Gasteiger partial charge >= 0.3 is 6.09 Å². The molecule has 3 N–H and O–H groups in total. The molecule has 1 aromatic heterocycles. The average molecular weight is 340 g/mol. The number of nitro groups is 1. The molecule has 0 radical (unpaired) electrons. The first-order valence-electron chi connectivity index (χ1n) is 7.39. The van der Waals surface area contributed by atoms with Gasteiger partial charge in [-0.1, -0.05) is 42.2 Å². The number of ether oxygens (including phenoxy) is 1. The number of hydrogen-bond acceptors (Lipinski definition) is 6. The molecule has 2 rings (SSSR count). The maximum Gasteiger partial charge on any atom is 0.407 e. The molecule has 1 aromatic carbocycles. The number of nitrogens with zero attached hydrogens (tertiary/aromatic N) is 2. The first kappa shape index (κ1) is 17.7. The Bertz CT molecular complexity index is 812. The number of hydrogen-bond donors (Lipinski definition) is 2. The number of nitrogens with two attached hydrogens (primary N) is 1. The first-order chi connectivity index (χ1) is 12.1. The van der Waals surface area contributed by atoms with Crippen LogP contribution in [0.25, 0.3) is 0 Å². The van der Waals surface area contributed by atoms with Crippen molar-refractivity contribution in [2.45, 2.75) is 13.0 Å². The zero-order valence-electron chi connectivity index (χ0n) is 13.3. The van der Waals surface area contributed by atoms with Gasteiger partial charge in [0, 0.05) is 19.0 Å². The Kier molecular flexibility index (Phi) is 6.31. The fourth-order valence-corrected chi connectivity index (χ4v) is 1.82. The topological polar surface area (TPSA) is 120 Å². The monoisotopic (exact) mass is 340 g/mol. The molecule has 1 heterocycles. The molecule has 25 heavy (non-hydrogen) atoms. The van der Waals surface area contributed by atoms with E-state index in [1.807, 2.05) is 30.3 Å². The lowest BCUT2D eigenvalue weighted by atomic mass is 10.2. The third-order valence-electron chi connectivity index (χ3n) is 3.07. The second-order valence-corrected chi connectivity index (χ2v) is 4.92. The number of amides is 1. The predicted molar refractivity (Wildman–Crippen MR) is 91.4 cm³/mol. The standard InChI is InChI=1S/C17H16N4O4/c18-16-14(10-15(11-20-16)21(23)24)8-4-5-9-19-17(22)25-12-13-6-2-1-3-7-13/h1-3,6-7,10-11H,5,9,12H2,(H2,18,20)(H,19,22). The molecule has 1 amide bonds. The van der Waals surface area contributed by atoms with Crippen LogP contribution < -0.4 is 11.1 Å². The normalized spacial score (nSPS) is 9.60. The Morgan fingerprint density at radius 2 is 2.12 bits per heavy atom. The Morgan fingerprint density at radius 1 is 1.36 bits per heavy atom. The van der Waals surface area contributed by atoms with E-state index < -0.39 is 11.0 Å². The van der Waals surface area contributed by atoms with E-state index in [1.165, 1.54) is 6.07 Å². The predicted octanol–water partition coefficient (Wildman–Crippen LogP) is 2.24. The van der Waals surface area contributed by atoms with Gasteiger partial charge in [-0.3, -0.25) is 10.1 Å². The van der Waals surface area contributed by atoms with Crippen molar-refractivity contribution >= 4 is 17.6 Å². The van der Waals surface area contributed by atoms with Gasteiger partial charge in [0.25, 0.3) is 5.69 Å². The van der Waals surface area contributed by atoms with E-state index in [9.17, 15) is 14.9 Å². The lowest BCUT2D eigenvalue weighted by Gasteiger charge is -2.05. The third-order valence-corrected chi connectivity index (χ3v) is 3.07. The van der Waals surface area contributed by atoms with Crippen LogP contribution in [0.1, 0.15) is 17.5 Å². The minimum Gasteiger partial charge on any atom is -0.445 e. The van der Waals surface area contributed by atoms with Gasteiger partial charge in [-0.25, -0.2) is 9.78 Å². The van der Waals surface area contributed by atoms with E-state index in [0.29, 0.717) is 6.42 Å². The number of carbonyl (C=O) groups is 1. The summed E-state index contributed by atoms with van der Waals surface area (Å²) in [6.45, 7) is 0.469. The maximum absolute atomic E-state index is 11.5. The molecule has 0 fully saturated rings. The van der Waals surface area contributed by atoms with Crippen molar-refractivity contribution in [3.05, 3.63) is 63.8 Å². The summed E-state index contributed by atoms with van der Waals surface area (Å²) in [5.74, 6) is 5.60. The summed E-state index contributed by atoms with van der Waals surface area (Å²) in [6.07, 6.45) is 0.870. The summed E-state index contributed by atoms with van der Waals surface area (Å²) in [5.41, 5.74) is 6.62. The van der Waals surface area contributed by atoms with Crippen LogP contribution >= 0.6 is 0 Å². The van der Waals surface area contributed by atoms with Gasteiger partial charge in [-0.05, 0) is 5.56 Å². The van der Waals surface area contributed by atoms with Gasteiger partial charge in [0.15, 0.2) is 0 Å². The van der Waals surface area contributed by atoms with Crippen molar-refractivity contribution in [3.8, 4) is 11.8 Å². The number of rotatable bonds is 5. The van der Waals surface area contributed by atoms with Crippen molar-refractivity contribution in [1.82, 2.24) is 10.3 Å². The molecule has 8 heteroatoms. The number of benzene rings is 1. The summed E-state index contributed by atoms with van der Waals surface area (Å²) in [6, 6.07) is 10.6. The molecule has 0 spiro atoms. The Balaban J connectivity index is 1.76. The molecule has 8 nitrogen and oxygen atoms in total. The Morgan fingerprint density at radius 3 is 2.84 bits per heavy atom. The van der Waals surface area contributed by atoms with Gasteiger partial charge in [-0.2, -0.15) is 0 Å². The minimum atomic E-state index is -0.568. The van der Waals surface area contributed by atoms with Crippen LogP contribution in [-0.4, -0.2) is 22.5 Å². The zero-order valence-corrected chi connectivity index (χ0v) is 13.3. The van der Waals surface area contributed by atoms with E-state index in [0.717, 1.165) is 11.8 Å². The number of anilines is 1. The highest BCUT2D eigenvalue weighted by molar-refractivity contribution is 5.67. The minimum absolute atomic E-state index is 0.119. The summed E-state index contributed by atoms with van der Waals surface area (Å²) in [4.78, 5) is 25.4. The van der Waals surface area contributed by atoms with Gasteiger partial charge in [-0.15, -0.1) is 0 Å². The fraction of sp³-hybridized carbons (Fsp3) is 0.176. The van der Waals surface area contributed by atoms with Crippen molar-refractivity contribution in [1.29, 1.82) is 0 Å². The maximum atomic E-state index is 11.5. The molecule has 0 atom stereocenters. The van der Waals surface area contributed by atoms with Crippen molar-refractivity contribution < 1.29 is 14.5 Å². The Hall–Kier alpha value is -3.60. The Labute approximate surface area is 144 Å². The number of alkyl carbamates (subject to hydrolysis) is 1. The molecular weight excluding hydrogens is 324 g/mol. The highest BCUT2D eigenvalue weighted by atomic mass is 16.6. The van der Waals surface area contributed by atoms with E-state index in [1.54, 1.807) is 0 Å². The van der Waals surface area contributed by atoms with Crippen LogP contribution in [0.3, 0.4) is 0 Å². The lowest BCUT2D eigenvalue weighted by Crippen LogP contribution is -2.24. The molecule has 0 aliphatic rings. The van der Waals surface area contributed by atoms with E-state index in [-0.39, 0.29) is 30.2 Å². The number of carbonyl (C=O) groups excluding carboxylic acids is 1. The van der Waals surface area contributed by atoms with Crippen LogP contribution in [0.5, 0.6) is 0 Å². The van der Waals surface area contributed by atoms with Crippen molar-refractivity contribution in [3.63, 3.8) is 0 Å². The summed E-state index contributed by atoms with van der Waals surface area (Å²) >= 11 is 0. The molecule has 0 saturated carbocycles. The molecule has 0 saturated heterocycles. The van der Waals surface area contributed by atoms with E-state index >= 15 is 0 Å². The van der Waals surface area contributed by atoms with Crippen molar-refractivity contribution in [2.75, 3.05) is 12.3 Å². The number of aromatic nitrogens is 1. The van der Waals surface area contributed by atoms with Gasteiger partial charge in [0.05, 0.1) is 10.5 Å². The van der Waals surface area contributed by atoms with Crippen LogP contribution in [0.15, 0.2) is 42.6 Å². The van der Waals surface area contributed by atoms with Crippen LogP contribution in [-0.2, 0) is 11.3 Å². The number of nitrogens with one attached hydrogen (secondary N) is 1. The second-order valence-electron chi connectivity index (χ2n) is 4.92. The van der Waals surface area contributed by atoms with Gasteiger partial charge < -0.3 is 15.8 Å². The SMILES string of the molecule is Nc1ncc([N+](=O)[O-])cc1C#CCCNC(=O)OCc1ccccc1. The van der Waals surface area contributed by atoms with E-state index in [4.69, 9.17) is 10.5 Å². The molecule has 2 aromatic rings. The largest absolute Gasteiger partial charge is 0.445 e. The molecule has 128 valence electrons. The summed E-state index contributed by atoms with van der Waals surface area (Å²) in [7, 11) is 0. The van der Waals surface area contributed by atoms with Gasteiger partial charge in [0.2, 0.25) is 0 Å². The highest BCUT2D eigenvalue weighted by Crippen LogP contribution is 2.15. The van der Waals surface area contributed by atoms with Gasteiger partial charge in [0.1, 0.15) is 18.6 Å². The van der Waals surface area contributed by atoms with E-state index in [2.05, 4.69) is 22.1 Å². The highest BCUT2D eigenvalue weighted by Gasteiger charge is 2.08. The first-order valence-corrected chi connectivity index (χ1v) is 7.39. The summed E-state index contributed by atoms with van der Waals surface area (Å²) < 4.78 is 5.05. The second kappa shape index (κ2) is 8.88. The number of nitrogen functional groups attached to an aromatic ring is 1. The lowest BCUT2D eigenvalue weighted by molar-refractivity contribution is -0.385. The number of pyridine rings is 1. The molecule has 0 bridgehead atoms. The average Bonchev–Trinajstić information content (AvgIpc) is 2.61. The van der Waals surface area contributed by atoms with Crippen LogP contribution in [0.4, 0.5) is 16.3 Å². The molecular formula is C17H16N4O4. The smallest absolute Gasteiger partial charge is 0.407 e. The molecule has 0 aliphatic carbocycles.